The molecule has 0 amide bonds. The molecule has 0 aromatic carbocycles. The lowest BCUT2D eigenvalue weighted by atomic mass is 10.00. The molecule has 5 atom stereocenters. The monoisotopic (exact) mass is 310 g/mol. The topological polar surface area (TPSA) is 88.1 Å². The molecule has 0 aromatic heterocycles. The Morgan fingerprint density at radius 2 is 1.48 bits per heavy atom. The minimum Gasteiger partial charge on any atom is -0.463 e. The molecule has 0 N–H and O–H groups in total. The SMILES string of the molecule is CC(=O)OC[C@H]1O[C@@H](F)[C@@H](F)[C@@H](OC(C)=O)[C@@H]1OC(C)=O. The van der Waals surface area contributed by atoms with Gasteiger partial charge in [0, 0.05) is 20.8 Å². The summed E-state index contributed by atoms with van der Waals surface area (Å²) in [5.41, 5.74) is 0. The van der Waals surface area contributed by atoms with Gasteiger partial charge in [-0.2, -0.15) is 0 Å². The summed E-state index contributed by atoms with van der Waals surface area (Å²) in [6.45, 7) is 2.68. The van der Waals surface area contributed by atoms with Gasteiger partial charge >= 0.3 is 17.9 Å². The van der Waals surface area contributed by atoms with Crippen molar-refractivity contribution in [3.05, 3.63) is 0 Å². The zero-order valence-electron chi connectivity index (χ0n) is 11.7. The predicted octanol–water partition coefficient (Wildman–Crippen LogP) is 0.445. The molecule has 120 valence electrons. The van der Waals surface area contributed by atoms with Crippen LogP contribution in [0.5, 0.6) is 0 Å². The Morgan fingerprint density at radius 1 is 0.952 bits per heavy atom. The molecule has 0 aromatic rings. The molecule has 0 radical (unpaired) electrons. The molecule has 1 fully saturated rings. The van der Waals surface area contributed by atoms with Gasteiger partial charge in [-0.25, -0.2) is 8.78 Å². The largest absolute Gasteiger partial charge is 0.463 e. The highest BCUT2D eigenvalue weighted by atomic mass is 19.2. The van der Waals surface area contributed by atoms with Crippen LogP contribution in [0, 0.1) is 0 Å². The zero-order chi connectivity index (χ0) is 16.2. The van der Waals surface area contributed by atoms with Crippen LogP contribution in [0.25, 0.3) is 0 Å². The molecule has 21 heavy (non-hydrogen) atoms. The van der Waals surface area contributed by atoms with Crippen LogP contribution in [0.3, 0.4) is 0 Å². The van der Waals surface area contributed by atoms with Gasteiger partial charge in [0.15, 0.2) is 18.4 Å². The van der Waals surface area contributed by atoms with Crippen LogP contribution in [0.4, 0.5) is 8.78 Å². The third-order valence-electron chi connectivity index (χ3n) is 2.61. The number of rotatable bonds is 4. The van der Waals surface area contributed by atoms with E-state index >= 15 is 0 Å². The van der Waals surface area contributed by atoms with Crippen molar-refractivity contribution in [3.8, 4) is 0 Å². The third kappa shape index (κ3) is 4.92. The van der Waals surface area contributed by atoms with E-state index in [1.807, 2.05) is 0 Å². The second-order valence-electron chi connectivity index (χ2n) is 4.42. The third-order valence-corrected chi connectivity index (χ3v) is 2.61. The molecular weight excluding hydrogens is 294 g/mol. The molecular formula is C12H16F2O7. The zero-order valence-corrected chi connectivity index (χ0v) is 11.7. The van der Waals surface area contributed by atoms with E-state index < -0.39 is 55.4 Å². The summed E-state index contributed by atoms with van der Waals surface area (Å²) in [6.07, 6.45) is -9.12. The van der Waals surface area contributed by atoms with E-state index in [1.54, 1.807) is 0 Å². The molecule has 0 unspecified atom stereocenters. The first-order chi connectivity index (χ1) is 9.72. The maximum atomic E-state index is 13.8. The molecule has 0 spiro atoms. The van der Waals surface area contributed by atoms with Gasteiger partial charge in [-0.3, -0.25) is 14.4 Å². The fraction of sp³-hybridized carbons (Fsp3) is 0.750. The Kier molecular flexibility index (Phi) is 6.01. The van der Waals surface area contributed by atoms with Crippen molar-refractivity contribution in [2.45, 2.75) is 51.6 Å². The highest BCUT2D eigenvalue weighted by molar-refractivity contribution is 5.67. The summed E-state index contributed by atoms with van der Waals surface area (Å²) in [7, 11) is 0. The lowest BCUT2D eigenvalue weighted by Crippen LogP contribution is -2.58. The normalized spacial score (nSPS) is 32.1. The Bertz CT molecular complexity index is 414. The number of esters is 3. The van der Waals surface area contributed by atoms with Gasteiger partial charge < -0.3 is 18.9 Å². The van der Waals surface area contributed by atoms with Crippen LogP contribution in [-0.2, 0) is 33.3 Å². The standard InChI is InChI=1S/C12H16F2O7/c1-5(15)18-4-8-10(19-6(2)16)11(20-7(3)17)9(13)12(14)21-8/h8-12H,4H2,1-3H3/t8-,9+,10-,11-,12-/m1/s1. The molecule has 1 aliphatic rings. The molecule has 1 rings (SSSR count). The van der Waals surface area contributed by atoms with Gasteiger partial charge in [0.1, 0.15) is 12.7 Å². The minimum atomic E-state index is -2.40. The quantitative estimate of drug-likeness (QED) is 0.550. The van der Waals surface area contributed by atoms with Gasteiger partial charge in [-0.15, -0.1) is 0 Å². The number of halogens is 2. The molecule has 0 saturated carbocycles. The fourth-order valence-corrected chi connectivity index (χ4v) is 1.85. The second kappa shape index (κ2) is 7.30. The Labute approximate surface area is 119 Å². The smallest absolute Gasteiger partial charge is 0.303 e. The highest BCUT2D eigenvalue weighted by Gasteiger charge is 2.51. The van der Waals surface area contributed by atoms with E-state index in [2.05, 4.69) is 14.2 Å². The van der Waals surface area contributed by atoms with Crippen molar-refractivity contribution in [2.75, 3.05) is 6.61 Å². The molecule has 0 bridgehead atoms. The number of alkyl halides is 2. The van der Waals surface area contributed by atoms with Crippen LogP contribution in [0.15, 0.2) is 0 Å². The maximum Gasteiger partial charge on any atom is 0.303 e. The summed E-state index contributed by atoms with van der Waals surface area (Å²) in [6, 6.07) is 0. The minimum absolute atomic E-state index is 0.474. The molecule has 7 nitrogen and oxygen atoms in total. The molecule has 1 heterocycles. The lowest BCUT2D eigenvalue weighted by molar-refractivity contribution is -0.259. The maximum absolute atomic E-state index is 13.8. The van der Waals surface area contributed by atoms with Crippen molar-refractivity contribution in [2.24, 2.45) is 0 Å². The van der Waals surface area contributed by atoms with Crippen LogP contribution in [0.1, 0.15) is 20.8 Å². The molecule has 9 heteroatoms. The van der Waals surface area contributed by atoms with E-state index in [-0.39, 0.29) is 0 Å². The summed E-state index contributed by atoms with van der Waals surface area (Å²) in [4.78, 5) is 32.8. The van der Waals surface area contributed by atoms with Crippen molar-refractivity contribution in [1.29, 1.82) is 0 Å². The second-order valence-corrected chi connectivity index (χ2v) is 4.42. The number of ether oxygens (including phenoxy) is 4. The predicted molar refractivity (Wildman–Crippen MR) is 62.4 cm³/mol. The molecule has 0 aliphatic carbocycles. The molecule has 1 saturated heterocycles. The van der Waals surface area contributed by atoms with Crippen LogP contribution < -0.4 is 0 Å². The average molecular weight is 310 g/mol. The van der Waals surface area contributed by atoms with Gasteiger partial charge in [0.05, 0.1) is 0 Å². The van der Waals surface area contributed by atoms with Gasteiger partial charge in [0.2, 0.25) is 6.36 Å². The number of hydrogen-bond acceptors (Lipinski definition) is 7. The van der Waals surface area contributed by atoms with E-state index in [1.165, 1.54) is 0 Å². The van der Waals surface area contributed by atoms with E-state index in [4.69, 9.17) is 4.74 Å². The van der Waals surface area contributed by atoms with Crippen LogP contribution in [-0.4, -0.2) is 55.4 Å². The Hall–Kier alpha value is -1.77. The molecule has 1 aliphatic heterocycles. The van der Waals surface area contributed by atoms with Crippen molar-refractivity contribution >= 4 is 17.9 Å². The van der Waals surface area contributed by atoms with E-state index in [9.17, 15) is 23.2 Å². The summed E-state index contributed by atoms with van der Waals surface area (Å²) in [5, 5.41) is 0. The highest BCUT2D eigenvalue weighted by Crippen LogP contribution is 2.29. The van der Waals surface area contributed by atoms with Crippen molar-refractivity contribution in [1.82, 2.24) is 0 Å². The van der Waals surface area contributed by atoms with Gasteiger partial charge in [-0.05, 0) is 0 Å². The summed E-state index contributed by atoms with van der Waals surface area (Å²) < 4.78 is 46.1. The van der Waals surface area contributed by atoms with Crippen LogP contribution >= 0.6 is 0 Å². The van der Waals surface area contributed by atoms with Gasteiger partial charge in [0.25, 0.3) is 0 Å². The number of hydrogen-bond donors (Lipinski definition) is 0. The van der Waals surface area contributed by atoms with E-state index in [0.29, 0.717) is 0 Å². The first-order valence-corrected chi connectivity index (χ1v) is 6.13. The Balaban J connectivity index is 2.94. The Morgan fingerprint density at radius 3 is 1.95 bits per heavy atom. The fourth-order valence-electron chi connectivity index (χ4n) is 1.85. The number of carbonyl (C=O) groups is 3. The van der Waals surface area contributed by atoms with Gasteiger partial charge in [-0.1, -0.05) is 0 Å². The number of carbonyl (C=O) groups excluding carboxylic acids is 3. The first kappa shape index (κ1) is 17.3. The lowest BCUT2D eigenvalue weighted by Gasteiger charge is -2.39. The van der Waals surface area contributed by atoms with Crippen LogP contribution in [0.2, 0.25) is 0 Å². The van der Waals surface area contributed by atoms with E-state index in [0.717, 1.165) is 20.8 Å². The van der Waals surface area contributed by atoms with Crippen molar-refractivity contribution < 1.29 is 42.1 Å². The average Bonchev–Trinajstić information content (AvgIpc) is 2.35. The summed E-state index contributed by atoms with van der Waals surface area (Å²) in [5.74, 6) is -2.36. The summed E-state index contributed by atoms with van der Waals surface area (Å²) >= 11 is 0. The first-order valence-electron chi connectivity index (χ1n) is 6.13. The van der Waals surface area contributed by atoms with Crippen molar-refractivity contribution in [3.63, 3.8) is 0 Å².